The number of aliphatic hydroxyl groups is 1. The molecule has 0 saturated carbocycles. The van der Waals surface area contributed by atoms with Crippen LogP contribution in [0, 0.1) is 5.41 Å². The molecule has 0 aromatic carbocycles. The summed E-state index contributed by atoms with van der Waals surface area (Å²) in [5.41, 5.74) is 4.69. The second-order valence-corrected chi connectivity index (χ2v) is 6.79. The van der Waals surface area contributed by atoms with E-state index in [0.29, 0.717) is 0 Å². The first-order chi connectivity index (χ1) is 10.3. The number of hydrogen-bond donors (Lipinski definition) is 1. The molecule has 1 atom stereocenters. The first-order valence-electron chi connectivity index (χ1n) is 7.79. The lowest BCUT2D eigenvalue weighted by molar-refractivity contribution is -0.104. The van der Waals surface area contributed by atoms with Crippen molar-refractivity contribution in [1.82, 2.24) is 0 Å². The smallest absolute Gasteiger partial charge is 0.143 e. The van der Waals surface area contributed by atoms with Crippen molar-refractivity contribution >= 4 is 6.29 Å². The van der Waals surface area contributed by atoms with Crippen LogP contribution in [0.5, 0.6) is 0 Å². The Bertz CT molecular complexity index is 554. The first-order valence-corrected chi connectivity index (χ1v) is 7.79. The van der Waals surface area contributed by atoms with Crippen molar-refractivity contribution < 1.29 is 9.90 Å². The van der Waals surface area contributed by atoms with E-state index in [-0.39, 0.29) is 11.5 Å². The summed E-state index contributed by atoms with van der Waals surface area (Å²) in [6.07, 6.45) is 13.9. The number of allylic oxidation sites excluding steroid dienone is 9. The molecule has 1 rings (SSSR count). The van der Waals surface area contributed by atoms with Gasteiger partial charge in [-0.1, -0.05) is 55.4 Å². The topological polar surface area (TPSA) is 37.3 Å². The van der Waals surface area contributed by atoms with Gasteiger partial charge in [0.25, 0.3) is 0 Å². The lowest BCUT2D eigenvalue weighted by Gasteiger charge is -2.35. The Labute approximate surface area is 134 Å². The monoisotopic (exact) mass is 300 g/mol. The molecule has 0 heterocycles. The maximum absolute atomic E-state index is 10.3. The molecule has 1 N–H and O–H groups in total. The molecule has 120 valence electrons. The molecule has 22 heavy (non-hydrogen) atoms. The van der Waals surface area contributed by atoms with Crippen LogP contribution in [0.25, 0.3) is 0 Å². The third kappa shape index (κ3) is 5.61. The Morgan fingerprint density at radius 1 is 1.18 bits per heavy atom. The quantitative estimate of drug-likeness (QED) is 0.454. The van der Waals surface area contributed by atoms with Crippen molar-refractivity contribution in [3.05, 3.63) is 58.7 Å². The zero-order valence-electron chi connectivity index (χ0n) is 14.4. The highest BCUT2D eigenvalue weighted by atomic mass is 16.3. The number of rotatable bonds is 5. The van der Waals surface area contributed by atoms with Gasteiger partial charge in [-0.15, -0.1) is 0 Å². The van der Waals surface area contributed by atoms with Crippen LogP contribution in [0.3, 0.4) is 0 Å². The fourth-order valence-electron chi connectivity index (χ4n) is 2.96. The van der Waals surface area contributed by atoms with Gasteiger partial charge in [0.05, 0.1) is 6.10 Å². The third-order valence-electron chi connectivity index (χ3n) is 4.04. The van der Waals surface area contributed by atoms with Gasteiger partial charge < -0.3 is 5.11 Å². The minimum Gasteiger partial charge on any atom is -0.393 e. The minimum absolute atomic E-state index is 0.0116. The van der Waals surface area contributed by atoms with Gasteiger partial charge in [-0.05, 0) is 56.3 Å². The Hall–Kier alpha value is -1.67. The van der Waals surface area contributed by atoms with Gasteiger partial charge in [-0.2, -0.15) is 0 Å². The molecule has 0 aliphatic heterocycles. The molecule has 0 radical (unpaired) electrons. The van der Waals surface area contributed by atoms with Crippen molar-refractivity contribution in [2.24, 2.45) is 5.41 Å². The number of carbonyl (C=O) groups excluding carboxylic acids is 1. The second-order valence-electron chi connectivity index (χ2n) is 6.79. The highest BCUT2D eigenvalue weighted by Gasteiger charge is 2.31. The van der Waals surface area contributed by atoms with Crippen molar-refractivity contribution in [2.45, 2.75) is 53.6 Å². The summed E-state index contributed by atoms with van der Waals surface area (Å²) in [4.78, 5) is 10.3. The molecule has 0 aromatic heterocycles. The average Bonchev–Trinajstić information content (AvgIpc) is 2.36. The molecule has 0 unspecified atom stereocenters. The van der Waals surface area contributed by atoms with Crippen LogP contribution in [0.2, 0.25) is 0 Å². The molecule has 0 bridgehead atoms. The van der Waals surface area contributed by atoms with Crippen LogP contribution in [-0.4, -0.2) is 17.5 Å². The van der Waals surface area contributed by atoms with E-state index in [0.717, 1.165) is 30.3 Å². The highest BCUT2D eigenvalue weighted by Crippen LogP contribution is 2.40. The zero-order valence-corrected chi connectivity index (χ0v) is 14.4. The van der Waals surface area contributed by atoms with E-state index in [1.165, 1.54) is 11.1 Å². The molecule has 2 nitrogen and oxygen atoms in total. The molecule has 0 amide bonds. The van der Waals surface area contributed by atoms with Crippen LogP contribution < -0.4 is 0 Å². The summed E-state index contributed by atoms with van der Waals surface area (Å²) in [5, 5.41) is 9.91. The van der Waals surface area contributed by atoms with E-state index in [1.54, 1.807) is 6.08 Å². The predicted molar refractivity (Wildman–Crippen MR) is 93.6 cm³/mol. The number of aliphatic hydroxyl groups excluding tert-OH is 1. The van der Waals surface area contributed by atoms with Gasteiger partial charge in [0.15, 0.2) is 0 Å². The van der Waals surface area contributed by atoms with Crippen molar-refractivity contribution in [2.75, 3.05) is 0 Å². The lowest BCUT2D eigenvalue weighted by atomic mass is 9.71. The van der Waals surface area contributed by atoms with Crippen LogP contribution in [0.4, 0.5) is 0 Å². The van der Waals surface area contributed by atoms with Crippen LogP contribution in [-0.2, 0) is 4.79 Å². The lowest BCUT2D eigenvalue weighted by Crippen LogP contribution is -2.28. The van der Waals surface area contributed by atoms with Gasteiger partial charge in [-0.3, -0.25) is 4.79 Å². The van der Waals surface area contributed by atoms with E-state index in [1.807, 2.05) is 25.2 Å². The fraction of sp³-hybridized carbons (Fsp3) is 0.450. The van der Waals surface area contributed by atoms with Crippen LogP contribution in [0.15, 0.2) is 58.7 Å². The Morgan fingerprint density at radius 3 is 2.41 bits per heavy atom. The zero-order chi connectivity index (χ0) is 16.8. The Kier molecular flexibility index (Phi) is 6.76. The predicted octanol–water partition coefficient (Wildman–Crippen LogP) is 4.69. The summed E-state index contributed by atoms with van der Waals surface area (Å²) in [6, 6.07) is 0. The summed E-state index contributed by atoms with van der Waals surface area (Å²) in [7, 11) is 0. The van der Waals surface area contributed by atoms with Gasteiger partial charge in [0.2, 0.25) is 0 Å². The molecule has 0 spiro atoms. The van der Waals surface area contributed by atoms with E-state index in [9.17, 15) is 9.90 Å². The summed E-state index contributed by atoms with van der Waals surface area (Å²) in [5.74, 6) is 0. The average molecular weight is 300 g/mol. The number of hydrogen-bond acceptors (Lipinski definition) is 2. The molecule has 0 saturated heterocycles. The molecule has 2 heteroatoms. The maximum Gasteiger partial charge on any atom is 0.143 e. The van der Waals surface area contributed by atoms with Gasteiger partial charge in [0.1, 0.15) is 6.29 Å². The highest BCUT2D eigenvalue weighted by molar-refractivity contribution is 5.66. The summed E-state index contributed by atoms with van der Waals surface area (Å²) in [6.45, 7) is 10.4. The second kappa shape index (κ2) is 8.09. The molecular weight excluding hydrogens is 272 g/mol. The van der Waals surface area contributed by atoms with Crippen molar-refractivity contribution in [3.8, 4) is 0 Å². The van der Waals surface area contributed by atoms with Crippen molar-refractivity contribution in [3.63, 3.8) is 0 Å². The van der Waals surface area contributed by atoms with E-state index in [2.05, 4.69) is 39.8 Å². The SMILES string of the molecule is CC1=C(\C=C/C(C)=C/C=C/C(C)=C/C=O)C(C)(C)C[C@@H](O)C1. The molecule has 1 aliphatic carbocycles. The summed E-state index contributed by atoms with van der Waals surface area (Å²) < 4.78 is 0. The first kappa shape index (κ1) is 18.4. The number of aldehydes is 1. The Morgan fingerprint density at radius 2 is 1.82 bits per heavy atom. The fourth-order valence-corrected chi connectivity index (χ4v) is 2.96. The number of carbonyl (C=O) groups is 1. The van der Waals surface area contributed by atoms with E-state index < -0.39 is 0 Å². The van der Waals surface area contributed by atoms with E-state index in [4.69, 9.17) is 0 Å². The van der Waals surface area contributed by atoms with Crippen LogP contribution in [0.1, 0.15) is 47.5 Å². The normalized spacial score (nSPS) is 23.6. The maximum atomic E-state index is 10.3. The minimum atomic E-state index is -0.223. The largest absolute Gasteiger partial charge is 0.393 e. The summed E-state index contributed by atoms with van der Waals surface area (Å²) >= 11 is 0. The van der Waals surface area contributed by atoms with Gasteiger partial charge in [0, 0.05) is 0 Å². The van der Waals surface area contributed by atoms with Gasteiger partial charge in [-0.25, -0.2) is 0 Å². The molecular formula is C20H28O2. The Balaban J connectivity index is 2.84. The molecule has 0 aromatic rings. The standard InChI is InChI=1S/C20H28O2/c1-15(7-6-8-16(2)11-12-21)9-10-19-17(3)13-18(22)14-20(19,4)5/h6-12,18,22H,13-14H2,1-5H3/b8-6+,10-9-,15-7+,16-11+/t18-/m0/s1. The molecule has 1 aliphatic rings. The third-order valence-corrected chi connectivity index (χ3v) is 4.04. The molecule has 0 fully saturated rings. The van der Waals surface area contributed by atoms with Crippen LogP contribution >= 0.6 is 0 Å². The van der Waals surface area contributed by atoms with Gasteiger partial charge >= 0.3 is 0 Å². The van der Waals surface area contributed by atoms with Crippen molar-refractivity contribution in [1.29, 1.82) is 0 Å². The van der Waals surface area contributed by atoms with E-state index >= 15 is 0 Å².